The lowest BCUT2D eigenvalue weighted by molar-refractivity contribution is -0.117. The smallest absolute Gasteiger partial charge is 0.246 e. The number of anilines is 1. The maximum Gasteiger partial charge on any atom is 0.246 e. The van der Waals surface area contributed by atoms with Gasteiger partial charge in [-0.25, -0.2) is 8.42 Å². The average molecular weight is 478 g/mol. The lowest BCUT2D eigenvalue weighted by atomic mass is 10.2. The molecular formula is C23H31N3O4S2. The maximum absolute atomic E-state index is 13.3. The molecule has 2 aliphatic heterocycles. The first kappa shape index (κ1) is 23.2. The molecule has 0 bridgehead atoms. The zero-order valence-corrected chi connectivity index (χ0v) is 20.1. The summed E-state index contributed by atoms with van der Waals surface area (Å²) in [6.45, 7) is 4.39. The highest BCUT2D eigenvalue weighted by Gasteiger charge is 2.30. The van der Waals surface area contributed by atoms with Crippen LogP contribution in [-0.2, 0) is 14.8 Å². The Kier molecular flexibility index (Phi) is 7.50. The molecule has 4 rings (SSSR count). The minimum Gasteiger partial charge on any atom is -0.492 e. The van der Waals surface area contributed by atoms with Crippen molar-refractivity contribution in [2.24, 2.45) is 0 Å². The van der Waals surface area contributed by atoms with Crippen LogP contribution >= 0.6 is 11.3 Å². The number of benzene rings is 1. The van der Waals surface area contributed by atoms with Gasteiger partial charge < -0.3 is 10.1 Å². The molecule has 9 heteroatoms. The van der Waals surface area contributed by atoms with Gasteiger partial charge in [0.05, 0.1) is 13.2 Å². The summed E-state index contributed by atoms with van der Waals surface area (Å²) in [5.41, 5.74) is 0.473. The van der Waals surface area contributed by atoms with Crippen LogP contribution in [0.5, 0.6) is 5.75 Å². The third-order valence-electron chi connectivity index (χ3n) is 6.04. The van der Waals surface area contributed by atoms with Crippen LogP contribution in [0.15, 0.2) is 40.6 Å². The Bertz CT molecular complexity index is 1020. The molecule has 2 aliphatic rings. The van der Waals surface area contributed by atoms with Gasteiger partial charge in [-0.3, -0.25) is 9.69 Å². The highest BCUT2D eigenvalue weighted by molar-refractivity contribution is 7.89. The van der Waals surface area contributed by atoms with E-state index >= 15 is 0 Å². The fourth-order valence-corrected chi connectivity index (χ4v) is 7.08. The summed E-state index contributed by atoms with van der Waals surface area (Å²) >= 11 is 1.72. The molecule has 2 saturated heterocycles. The van der Waals surface area contributed by atoms with Gasteiger partial charge in [0.2, 0.25) is 15.9 Å². The van der Waals surface area contributed by atoms with Crippen LogP contribution in [0, 0.1) is 0 Å². The number of nitrogens with one attached hydrogen (secondary N) is 1. The summed E-state index contributed by atoms with van der Waals surface area (Å²) in [4.78, 5) is 16.4. The molecule has 1 aromatic heterocycles. The summed E-state index contributed by atoms with van der Waals surface area (Å²) in [7, 11) is -3.69. The largest absolute Gasteiger partial charge is 0.492 e. The first-order valence-corrected chi connectivity index (χ1v) is 13.7. The second-order valence-electron chi connectivity index (χ2n) is 8.25. The maximum atomic E-state index is 13.3. The van der Waals surface area contributed by atoms with E-state index in [4.69, 9.17) is 4.74 Å². The number of rotatable bonds is 8. The molecule has 0 aliphatic carbocycles. The Morgan fingerprint density at radius 1 is 1.16 bits per heavy atom. The van der Waals surface area contributed by atoms with Gasteiger partial charge in [-0.2, -0.15) is 4.31 Å². The van der Waals surface area contributed by atoms with Gasteiger partial charge in [0.1, 0.15) is 10.6 Å². The van der Waals surface area contributed by atoms with Crippen molar-refractivity contribution in [1.82, 2.24) is 9.21 Å². The Labute approximate surface area is 194 Å². The van der Waals surface area contributed by atoms with E-state index in [0.29, 0.717) is 31.1 Å². The lowest BCUT2D eigenvalue weighted by Crippen LogP contribution is -2.36. The number of likely N-dealkylation sites (tertiary alicyclic amines) is 1. The Hall–Kier alpha value is -1.94. The Morgan fingerprint density at radius 2 is 1.97 bits per heavy atom. The average Bonchev–Trinajstić information content (AvgIpc) is 3.47. The number of nitrogens with zero attached hydrogens (tertiary/aromatic N) is 2. The number of ether oxygens (including phenoxy) is 1. The molecule has 3 heterocycles. The van der Waals surface area contributed by atoms with Crippen LogP contribution in [0.3, 0.4) is 0 Å². The van der Waals surface area contributed by atoms with E-state index in [2.05, 4.69) is 21.7 Å². The SMILES string of the molecule is CCOc1ccc(NC(=O)CN2CCCC2c2cccs2)cc1S(=O)(=O)N1CCCCC1. The predicted octanol–water partition coefficient (Wildman–Crippen LogP) is 4.10. The van der Waals surface area contributed by atoms with Gasteiger partial charge in [-0.15, -0.1) is 11.3 Å². The number of piperidine rings is 1. The van der Waals surface area contributed by atoms with Gasteiger partial charge in [0.25, 0.3) is 0 Å². The van der Waals surface area contributed by atoms with E-state index in [1.54, 1.807) is 23.5 Å². The van der Waals surface area contributed by atoms with Crippen molar-refractivity contribution in [2.45, 2.75) is 50.0 Å². The lowest BCUT2D eigenvalue weighted by Gasteiger charge is -2.27. The molecule has 1 amide bonds. The number of carbonyl (C=O) groups is 1. The second-order valence-corrected chi connectivity index (χ2v) is 11.1. The fraction of sp³-hybridized carbons (Fsp3) is 0.522. The normalized spacial score (nSPS) is 20.3. The molecular weight excluding hydrogens is 446 g/mol. The molecule has 2 aromatic rings. The van der Waals surface area contributed by atoms with Crippen molar-refractivity contribution < 1.29 is 17.9 Å². The summed E-state index contributed by atoms with van der Waals surface area (Å²) < 4.78 is 33.7. The predicted molar refractivity (Wildman–Crippen MR) is 127 cm³/mol. The zero-order valence-electron chi connectivity index (χ0n) is 18.5. The van der Waals surface area contributed by atoms with Gasteiger partial charge in [0, 0.05) is 29.7 Å². The summed E-state index contributed by atoms with van der Waals surface area (Å²) in [5.74, 6) is 0.187. The quantitative estimate of drug-likeness (QED) is 0.619. The van der Waals surface area contributed by atoms with E-state index in [1.165, 1.54) is 15.2 Å². The molecule has 1 atom stereocenters. The van der Waals surface area contributed by atoms with Crippen molar-refractivity contribution >= 4 is 33.0 Å². The molecule has 174 valence electrons. The number of sulfonamides is 1. The van der Waals surface area contributed by atoms with E-state index in [0.717, 1.165) is 38.6 Å². The zero-order chi connectivity index (χ0) is 22.6. The number of hydrogen-bond acceptors (Lipinski definition) is 6. The van der Waals surface area contributed by atoms with Crippen LogP contribution in [0.25, 0.3) is 0 Å². The summed E-state index contributed by atoms with van der Waals surface area (Å²) in [6.07, 6.45) is 4.89. The van der Waals surface area contributed by atoms with Crippen molar-refractivity contribution in [3.05, 3.63) is 40.6 Å². The van der Waals surface area contributed by atoms with Gasteiger partial charge in [0.15, 0.2) is 0 Å². The third kappa shape index (κ3) is 5.17. The number of carbonyl (C=O) groups excluding carboxylic acids is 1. The van der Waals surface area contributed by atoms with Crippen LogP contribution in [-0.4, -0.2) is 56.3 Å². The third-order valence-corrected chi connectivity index (χ3v) is 8.94. The van der Waals surface area contributed by atoms with Crippen molar-refractivity contribution in [3.63, 3.8) is 0 Å². The van der Waals surface area contributed by atoms with Gasteiger partial charge in [-0.05, 0) is 68.8 Å². The van der Waals surface area contributed by atoms with Gasteiger partial charge in [-0.1, -0.05) is 12.5 Å². The minimum atomic E-state index is -3.69. The van der Waals surface area contributed by atoms with Crippen LogP contribution in [0.4, 0.5) is 5.69 Å². The molecule has 1 aromatic carbocycles. The molecule has 7 nitrogen and oxygen atoms in total. The minimum absolute atomic E-state index is 0.122. The molecule has 2 fully saturated rings. The number of hydrogen-bond donors (Lipinski definition) is 1. The highest BCUT2D eigenvalue weighted by atomic mass is 32.2. The van der Waals surface area contributed by atoms with Crippen LogP contribution < -0.4 is 10.1 Å². The number of amides is 1. The van der Waals surface area contributed by atoms with E-state index in [1.807, 2.05) is 13.0 Å². The van der Waals surface area contributed by atoms with Crippen LogP contribution in [0.1, 0.15) is 49.9 Å². The molecule has 1 N–H and O–H groups in total. The fourth-order valence-electron chi connectivity index (χ4n) is 4.51. The summed E-state index contributed by atoms with van der Waals surface area (Å²) in [6, 6.07) is 9.32. The first-order chi connectivity index (χ1) is 15.5. The molecule has 0 spiro atoms. The van der Waals surface area contributed by atoms with E-state index < -0.39 is 10.0 Å². The number of thiophene rings is 1. The van der Waals surface area contributed by atoms with Crippen molar-refractivity contribution in [1.29, 1.82) is 0 Å². The second kappa shape index (κ2) is 10.3. The standard InChI is InChI=1S/C23H31N3O4S2/c1-2-30-20-11-10-18(16-22(20)32(28,29)26-13-4-3-5-14-26)24-23(27)17-25-12-6-8-19(25)21-9-7-15-31-21/h7,9-11,15-16,19H,2-6,8,12-14,17H2,1H3,(H,24,27). The molecule has 32 heavy (non-hydrogen) atoms. The molecule has 0 saturated carbocycles. The van der Waals surface area contributed by atoms with Gasteiger partial charge >= 0.3 is 0 Å². The van der Waals surface area contributed by atoms with E-state index in [-0.39, 0.29) is 23.4 Å². The van der Waals surface area contributed by atoms with Crippen LogP contribution in [0.2, 0.25) is 0 Å². The van der Waals surface area contributed by atoms with E-state index in [9.17, 15) is 13.2 Å². The Morgan fingerprint density at radius 3 is 2.69 bits per heavy atom. The Balaban J connectivity index is 1.50. The first-order valence-electron chi connectivity index (χ1n) is 11.3. The van der Waals surface area contributed by atoms with Crippen molar-refractivity contribution in [2.75, 3.05) is 38.1 Å². The molecule has 0 radical (unpaired) electrons. The molecule has 1 unspecified atom stereocenters. The highest BCUT2D eigenvalue weighted by Crippen LogP contribution is 2.35. The van der Waals surface area contributed by atoms with Crippen molar-refractivity contribution in [3.8, 4) is 5.75 Å². The topological polar surface area (TPSA) is 79.0 Å². The monoisotopic (exact) mass is 477 g/mol. The summed E-state index contributed by atoms with van der Waals surface area (Å²) in [5, 5.41) is 4.97.